The Morgan fingerprint density at radius 3 is 2.32 bits per heavy atom. The molecule has 142 valence electrons. The zero-order valence-electron chi connectivity index (χ0n) is 13.1. The van der Waals surface area contributed by atoms with Crippen LogP contribution in [0.15, 0.2) is 6.20 Å². The van der Waals surface area contributed by atoms with Gasteiger partial charge in [0.15, 0.2) is 12.5 Å². The maximum atomic E-state index is 9.93. The molecule has 0 amide bonds. The molecule has 1 aromatic rings. The fourth-order valence-corrected chi connectivity index (χ4v) is 2.62. The lowest BCUT2D eigenvalue weighted by Crippen LogP contribution is -2.53. The van der Waals surface area contributed by atoms with Gasteiger partial charge >= 0.3 is 0 Å². The standard InChI is InChI=1S/C13H21N3O9/c17-6-3-23-12(10(21)8(6)19)16-1-5(14-15-16)2-24-13-11(22)9(20)7(18)4-25-13/h1,6-13,17-22H,2-4H2. The SMILES string of the molecule is OC1COC(OCc2cn(C3OCC(O)C(O)C3O)nn2)C(O)C1O. The second-order valence-corrected chi connectivity index (χ2v) is 6.02. The van der Waals surface area contributed by atoms with Crippen molar-refractivity contribution in [3.63, 3.8) is 0 Å². The second-order valence-electron chi connectivity index (χ2n) is 6.02. The van der Waals surface area contributed by atoms with Crippen molar-refractivity contribution >= 4 is 0 Å². The summed E-state index contributed by atoms with van der Waals surface area (Å²) in [4.78, 5) is 0. The summed E-state index contributed by atoms with van der Waals surface area (Å²) < 4.78 is 16.8. The van der Waals surface area contributed by atoms with Crippen molar-refractivity contribution in [1.82, 2.24) is 15.0 Å². The molecular formula is C13H21N3O9. The van der Waals surface area contributed by atoms with E-state index in [1.807, 2.05) is 0 Å². The van der Waals surface area contributed by atoms with E-state index in [0.29, 0.717) is 5.69 Å². The largest absolute Gasteiger partial charge is 0.388 e. The molecule has 0 aromatic carbocycles. The molecule has 12 nitrogen and oxygen atoms in total. The van der Waals surface area contributed by atoms with Gasteiger partial charge in [0.05, 0.1) is 26.0 Å². The third-order valence-electron chi connectivity index (χ3n) is 4.14. The summed E-state index contributed by atoms with van der Waals surface area (Å²) in [6.45, 7) is -0.479. The van der Waals surface area contributed by atoms with Gasteiger partial charge in [-0.2, -0.15) is 0 Å². The summed E-state index contributed by atoms with van der Waals surface area (Å²) in [7, 11) is 0. The zero-order chi connectivity index (χ0) is 18.1. The summed E-state index contributed by atoms with van der Waals surface area (Å²) in [6.07, 6.45) is -8.71. The normalized spacial score (nSPS) is 42.5. The first-order valence-corrected chi connectivity index (χ1v) is 7.72. The Bertz CT molecular complexity index is 573. The lowest BCUT2D eigenvalue weighted by molar-refractivity contribution is -0.273. The van der Waals surface area contributed by atoms with E-state index in [0.717, 1.165) is 0 Å². The van der Waals surface area contributed by atoms with Crippen LogP contribution >= 0.6 is 0 Å². The number of aliphatic hydroxyl groups excluding tert-OH is 6. The molecule has 8 atom stereocenters. The molecule has 6 N–H and O–H groups in total. The van der Waals surface area contributed by atoms with Crippen molar-refractivity contribution in [1.29, 1.82) is 0 Å². The van der Waals surface area contributed by atoms with Crippen molar-refractivity contribution < 1.29 is 44.8 Å². The molecule has 3 rings (SSSR count). The van der Waals surface area contributed by atoms with E-state index in [-0.39, 0.29) is 19.8 Å². The number of hydrogen-bond acceptors (Lipinski definition) is 11. The monoisotopic (exact) mass is 363 g/mol. The minimum atomic E-state index is -1.42. The van der Waals surface area contributed by atoms with Crippen molar-refractivity contribution in [2.75, 3.05) is 13.2 Å². The van der Waals surface area contributed by atoms with E-state index in [1.165, 1.54) is 10.9 Å². The van der Waals surface area contributed by atoms with E-state index in [2.05, 4.69) is 10.3 Å². The molecule has 8 unspecified atom stereocenters. The molecule has 0 aliphatic carbocycles. The first kappa shape index (κ1) is 18.6. The van der Waals surface area contributed by atoms with Crippen LogP contribution in [-0.2, 0) is 20.8 Å². The second kappa shape index (κ2) is 7.57. The van der Waals surface area contributed by atoms with Crippen LogP contribution in [0, 0.1) is 0 Å². The van der Waals surface area contributed by atoms with Gasteiger partial charge in [0.25, 0.3) is 0 Å². The van der Waals surface area contributed by atoms with Gasteiger partial charge in [-0.25, -0.2) is 4.68 Å². The Kier molecular flexibility index (Phi) is 5.62. The summed E-state index contributed by atoms with van der Waals surface area (Å²) in [5.41, 5.74) is 0.313. The van der Waals surface area contributed by atoms with Gasteiger partial charge in [0.2, 0.25) is 0 Å². The van der Waals surface area contributed by atoms with Gasteiger partial charge in [-0.15, -0.1) is 5.10 Å². The Balaban J connectivity index is 1.57. The van der Waals surface area contributed by atoms with Crippen LogP contribution in [0.1, 0.15) is 11.9 Å². The predicted octanol–water partition coefficient (Wildman–Crippen LogP) is -4.15. The highest BCUT2D eigenvalue weighted by molar-refractivity contribution is 4.94. The van der Waals surface area contributed by atoms with Gasteiger partial charge in [-0.1, -0.05) is 5.21 Å². The van der Waals surface area contributed by atoms with Crippen LogP contribution in [-0.4, -0.2) is 102 Å². The van der Waals surface area contributed by atoms with Crippen molar-refractivity contribution in [2.24, 2.45) is 0 Å². The first-order chi connectivity index (χ1) is 11.9. The lowest BCUT2D eigenvalue weighted by Gasteiger charge is -2.34. The number of nitrogens with zero attached hydrogens (tertiary/aromatic N) is 3. The average molecular weight is 363 g/mol. The van der Waals surface area contributed by atoms with Crippen molar-refractivity contribution in [3.05, 3.63) is 11.9 Å². The number of ether oxygens (including phenoxy) is 3. The summed E-state index contributed by atoms with van der Waals surface area (Å²) in [5.74, 6) is 0. The summed E-state index contributed by atoms with van der Waals surface area (Å²) >= 11 is 0. The lowest BCUT2D eigenvalue weighted by atomic mass is 10.0. The highest BCUT2D eigenvalue weighted by Crippen LogP contribution is 2.24. The third kappa shape index (κ3) is 3.81. The highest BCUT2D eigenvalue weighted by Gasteiger charge is 2.40. The molecule has 0 bridgehead atoms. The molecule has 2 aliphatic heterocycles. The fraction of sp³-hybridized carbons (Fsp3) is 0.846. The van der Waals surface area contributed by atoms with Crippen LogP contribution in [0.4, 0.5) is 0 Å². The maximum Gasteiger partial charge on any atom is 0.186 e. The quantitative estimate of drug-likeness (QED) is 0.306. The molecule has 2 saturated heterocycles. The topological polar surface area (TPSA) is 180 Å². The number of hydrogen-bond donors (Lipinski definition) is 6. The number of rotatable bonds is 4. The van der Waals surface area contributed by atoms with Gasteiger partial charge in [0, 0.05) is 0 Å². The number of aliphatic hydroxyl groups is 6. The molecule has 2 aliphatic rings. The molecule has 0 radical (unpaired) electrons. The van der Waals surface area contributed by atoms with E-state index < -0.39 is 49.1 Å². The van der Waals surface area contributed by atoms with Crippen LogP contribution < -0.4 is 0 Å². The van der Waals surface area contributed by atoms with Gasteiger partial charge in [-0.3, -0.25) is 0 Å². The Hall–Kier alpha value is -1.22. The Morgan fingerprint density at radius 1 is 0.960 bits per heavy atom. The molecule has 0 saturated carbocycles. The average Bonchev–Trinajstić information content (AvgIpc) is 3.06. The molecule has 25 heavy (non-hydrogen) atoms. The van der Waals surface area contributed by atoms with Gasteiger partial charge < -0.3 is 44.8 Å². The zero-order valence-corrected chi connectivity index (χ0v) is 13.1. The first-order valence-electron chi connectivity index (χ1n) is 7.72. The molecule has 3 heterocycles. The molecule has 2 fully saturated rings. The van der Waals surface area contributed by atoms with E-state index in [9.17, 15) is 30.6 Å². The van der Waals surface area contributed by atoms with Crippen molar-refractivity contribution in [3.8, 4) is 0 Å². The fourth-order valence-electron chi connectivity index (χ4n) is 2.62. The third-order valence-corrected chi connectivity index (χ3v) is 4.14. The van der Waals surface area contributed by atoms with Gasteiger partial charge in [0.1, 0.15) is 42.3 Å². The van der Waals surface area contributed by atoms with Crippen LogP contribution in [0.2, 0.25) is 0 Å². The molecule has 0 spiro atoms. The van der Waals surface area contributed by atoms with E-state index in [1.54, 1.807) is 0 Å². The van der Waals surface area contributed by atoms with Crippen LogP contribution in [0.3, 0.4) is 0 Å². The minimum Gasteiger partial charge on any atom is -0.388 e. The summed E-state index contributed by atoms with van der Waals surface area (Å²) in [6, 6.07) is 0. The Morgan fingerprint density at radius 2 is 1.60 bits per heavy atom. The van der Waals surface area contributed by atoms with E-state index in [4.69, 9.17) is 14.2 Å². The maximum absolute atomic E-state index is 9.93. The number of aromatic nitrogens is 3. The highest BCUT2D eigenvalue weighted by atomic mass is 16.7. The summed E-state index contributed by atoms with van der Waals surface area (Å²) in [5, 5.41) is 65.4. The molecule has 12 heteroatoms. The molecular weight excluding hydrogens is 342 g/mol. The van der Waals surface area contributed by atoms with Crippen molar-refractivity contribution in [2.45, 2.75) is 55.7 Å². The minimum absolute atomic E-state index is 0.126. The Labute approximate surface area is 141 Å². The van der Waals surface area contributed by atoms with Crippen LogP contribution in [0.5, 0.6) is 0 Å². The van der Waals surface area contributed by atoms with E-state index >= 15 is 0 Å². The van der Waals surface area contributed by atoms with Gasteiger partial charge in [-0.05, 0) is 0 Å². The van der Waals surface area contributed by atoms with Crippen LogP contribution in [0.25, 0.3) is 0 Å². The molecule has 1 aromatic heterocycles. The smallest absolute Gasteiger partial charge is 0.186 e. The predicted molar refractivity (Wildman–Crippen MR) is 75.6 cm³/mol.